The summed E-state index contributed by atoms with van der Waals surface area (Å²) in [6.45, 7) is 8.91. The van der Waals surface area contributed by atoms with Crippen LogP contribution in [0.15, 0.2) is 62.4 Å². The minimum atomic E-state index is -0.394. The van der Waals surface area contributed by atoms with Crippen molar-refractivity contribution in [2.24, 2.45) is 0 Å². The SMILES string of the molecule is Cc1c(CCC(=O)NCCc2ccccc2)c(=O)oc2cc3occ(C(C)(C)C)c3cc12. The van der Waals surface area contributed by atoms with Crippen molar-refractivity contribution in [2.75, 3.05) is 6.54 Å². The second-order valence-corrected chi connectivity index (χ2v) is 9.32. The van der Waals surface area contributed by atoms with Gasteiger partial charge in [0.15, 0.2) is 0 Å². The maximum absolute atomic E-state index is 12.6. The van der Waals surface area contributed by atoms with Gasteiger partial charge in [-0.3, -0.25) is 4.79 Å². The summed E-state index contributed by atoms with van der Waals surface area (Å²) in [6.07, 6.45) is 3.14. The highest BCUT2D eigenvalue weighted by Gasteiger charge is 2.21. The molecule has 0 saturated heterocycles. The molecule has 2 aromatic carbocycles. The Hall–Kier alpha value is -3.34. The number of hydrogen-bond donors (Lipinski definition) is 1. The van der Waals surface area contributed by atoms with E-state index < -0.39 is 5.63 Å². The molecule has 166 valence electrons. The van der Waals surface area contributed by atoms with Gasteiger partial charge in [0.05, 0.1) is 6.26 Å². The van der Waals surface area contributed by atoms with Crippen LogP contribution in [0.25, 0.3) is 21.9 Å². The van der Waals surface area contributed by atoms with Crippen LogP contribution in [0.3, 0.4) is 0 Å². The maximum atomic E-state index is 12.6. The standard InChI is InChI=1S/C27H29NO4/c1-17-19(10-11-25(29)28-13-12-18-8-6-5-7-9-18)26(30)32-24-15-23-21(14-20(17)24)22(16-31-23)27(2,3)4/h5-9,14-16H,10-13H2,1-4H3,(H,28,29). The Morgan fingerprint density at radius 1 is 1.00 bits per heavy atom. The van der Waals surface area contributed by atoms with E-state index in [0.29, 0.717) is 29.7 Å². The van der Waals surface area contributed by atoms with E-state index in [-0.39, 0.29) is 17.7 Å². The number of fused-ring (bicyclic) bond motifs is 2. The second kappa shape index (κ2) is 8.65. The minimum absolute atomic E-state index is 0.0664. The molecule has 5 heteroatoms. The zero-order valence-electron chi connectivity index (χ0n) is 19.1. The normalized spacial score (nSPS) is 11.9. The summed E-state index contributed by atoms with van der Waals surface area (Å²) >= 11 is 0. The van der Waals surface area contributed by atoms with Gasteiger partial charge in [-0.15, -0.1) is 0 Å². The van der Waals surface area contributed by atoms with Crippen molar-refractivity contribution >= 4 is 27.8 Å². The second-order valence-electron chi connectivity index (χ2n) is 9.32. The Bertz CT molecular complexity index is 1320. The molecule has 2 aromatic heterocycles. The summed E-state index contributed by atoms with van der Waals surface area (Å²) in [4.78, 5) is 25.0. The van der Waals surface area contributed by atoms with Crippen LogP contribution < -0.4 is 10.9 Å². The maximum Gasteiger partial charge on any atom is 0.339 e. The molecular weight excluding hydrogens is 402 g/mol. The first kappa shape index (κ1) is 21.9. The fourth-order valence-corrected chi connectivity index (χ4v) is 4.10. The number of aryl methyl sites for hydroxylation is 1. The van der Waals surface area contributed by atoms with Crippen molar-refractivity contribution in [1.82, 2.24) is 5.32 Å². The monoisotopic (exact) mass is 431 g/mol. The highest BCUT2D eigenvalue weighted by atomic mass is 16.4. The van der Waals surface area contributed by atoms with Crippen LogP contribution in [0.4, 0.5) is 0 Å². The summed E-state index contributed by atoms with van der Waals surface area (Å²) in [5, 5.41) is 4.84. The Morgan fingerprint density at radius 3 is 2.47 bits per heavy atom. The van der Waals surface area contributed by atoms with Crippen molar-refractivity contribution in [3.63, 3.8) is 0 Å². The van der Waals surface area contributed by atoms with Crippen molar-refractivity contribution in [2.45, 2.75) is 52.4 Å². The van der Waals surface area contributed by atoms with Gasteiger partial charge in [-0.2, -0.15) is 0 Å². The average Bonchev–Trinajstić information content (AvgIpc) is 3.16. The molecule has 1 N–H and O–H groups in total. The van der Waals surface area contributed by atoms with E-state index in [9.17, 15) is 9.59 Å². The van der Waals surface area contributed by atoms with Gasteiger partial charge in [0.2, 0.25) is 5.91 Å². The van der Waals surface area contributed by atoms with Crippen LogP contribution in [-0.4, -0.2) is 12.5 Å². The molecule has 4 aromatic rings. The predicted molar refractivity (Wildman–Crippen MR) is 127 cm³/mol. The lowest BCUT2D eigenvalue weighted by Gasteiger charge is -2.16. The molecule has 32 heavy (non-hydrogen) atoms. The fourth-order valence-electron chi connectivity index (χ4n) is 4.10. The zero-order valence-corrected chi connectivity index (χ0v) is 19.1. The third-order valence-electron chi connectivity index (χ3n) is 5.97. The van der Waals surface area contributed by atoms with Crippen LogP contribution in [-0.2, 0) is 23.1 Å². The van der Waals surface area contributed by atoms with Crippen molar-refractivity contribution in [3.8, 4) is 0 Å². The van der Waals surface area contributed by atoms with Crippen LogP contribution in [0, 0.1) is 6.92 Å². The summed E-state index contributed by atoms with van der Waals surface area (Å²) in [5.74, 6) is -0.0693. The molecule has 0 aliphatic heterocycles. The van der Waals surface area contributed by atoms with Crippen LogP contribution in [0.2, 0.25) is 0 Å². The Balaban J connectivity index is 1.52. The minimum Gasteiger partial charge on any atom is -0.464 e. The molecule has 2 heterocycles. The van der Waals surface area contributed by atoms with E-state index in [1.807, 2.05) is 43.3 Å². The lowest BCUT2D eigenvalue weighted by molar-refractivity contribution is -0.121. The summed E-state index contributed by atoms with van der Waals surface area (Å²) in [5.41, 5.74) is 4.45. The molecule has 0 atom stereocenters. The van der Waals surface area contributed by atoms with Gasteiger partial charge in [-0.25, -0.2) is 4.79 Å². The van der Waals surface area contributed by atoms with Gasteiger partial charge in [0.25, 0.3) is 0 Å². The number of hydrogen-bond acceptors (Lipinski definition) is 4. The number of benzene rings is 2. The molecule has 0 bridgehead atoms. The van der Waals surface area contributed by atoms with Gasteiger partial charge in [-0.1, -0.05) is 51.1 Å². The highest BCUT2D eigenvalue weighted by molar-refractivity contribution is 5.96. The molecule has 0 fully saturated rings. The molecule has 0 radical (unpaired) electrons. The van der Waals surface area contributed by atoms with Gasteiger partial charge in [0.1, 0.15) is 11.2 Å². The number of carbonyl (C=O) groups excluding carboxylic acids is 1. The van der Waals surface area contributed by atoms with E-state index in [1.165, 1.54) is 5.56 Å². The number of nitrogens with one attached hydrogen (secondary N) is 1. The quantitative estimate of drug-likeness (QED) is 0.413. The number of rotatable bonds is 6. The van der Waals surface area contributed by atoms with Gasteiger partial charge in [-0.05, 0) is 42.4 Å². The number of furan rings is 1. The van der Waals surface area contributed by atoms with E-state index in [2.05, 4.69) is 26.1 Å². The van der Waals surface area contributed by atoms with E-state index in [0.717, 1.165) is 28.3 Å². The van der Waals surface area contributed by atoms with Gasteiger partial charge in [0, 0.05) is 40.9 Å². The van der Waals surface area contributed by atoms with Crippen LogP contribution in [0.5, 0.6) is 0 Å². The summed E-state index contributed by atoms with van der Waals surface area (Å²) in [7, 11) is 0. The first-order chi connectivity index (χ1) is 15.2. The largest absolute Gasteiger partial charge is 0.464 e. The lowest BCUT2D eigenvalue weighted by Crippen LogP contribution is -2.26. The first-order valence-electron chi connectivity index (χ1n) is 11.0. The molecule has 5 nitrogen and oxygen atoms in total. The lowest BCUT2D eigenvalue weighted by atomic mass is 9.86. The molecule has 1 amide bonds. The molecule has 4 rings (SSSR count). The van der Waals surface area contributed by atoms with Crippen molar-refractivity contribution in [1.29, 1.82) is 0 Å². The van der Waals surface area contributed by atoms with Crippen LogP contribution >= 0.6 is 0 Å². The molecule has 0 aliphatic rings. The van der Waals surface area contributed by atoms with E-state index >= 15 is 0 Å². The molecule has 0 unspecified atom stereocenters. The van der Waals surface area contributed by atoms with E-state index in [4.69, 9.17) is 8.83 Å². The predicted octanol–water partition coefficient (Wildman–Crippen LogP) is 5.44. The first-order valence-corrected chi connectivity index (χ1v) is 11.0. The van der Waals surface area contributed by atoms with Crippen LogP contribution in [0.1, 0.15) is 49.4 Å². The third kappa shape index (κ3) is 4.47. The average molecular weight is 432 g/mol. The molecule has 0 aliphatic carbocycles. The number of carbonyl (C=O) groups is 1. The summed E-state index contributed by atoms with van der Waals surface area (Å²) in [6, 6.07) is 13.9. The Labute approximate surface area is 187 Å². The van der Waals surface area contributed by atoms with Gasteiger partial charge >= 0.3 is 5.63 Å². The van der Waals surface area contributed by atoms with Crippen molar-refractivity contribution in [3.05, 3.63) is 81.4 Å². The third-order valence-corrected chi connectivity index (χ3v) is 5.97. The molecule has 0 saturated carbocycles. The smallest absolute Gasteiger partial charge is 0.339 e. The Kier molecular flexibility index (Phi) is 5.92. The summed E-state index contributed by atoms with van der Waals surface area (Å²) < 4.78 is 11.3. The highest BCUT2D eigenvalue weighted by Crippen LogP contribution is 2.35. The topological polar surface area (TPSA) is 72.5 Å². The zero-order chi connectivity index (χ0) is 22.9. The molecule has 0 spiro atoms. The molecular formula is C27H29NO4. The Morgan fingerprint density at radius 2 is 1.75 bits per heavy atom. The fraction of sp³-hybridized carbons (Fsp3) is 0.333. The van der Waals surface area contributed by atoms with Crippen molar-refractivity contribution < 1.29 is 13.6 Å². The van der Waals surface area contributed by atoms with Gasteiger partial charge < -0.3 is 14.2 Å². The number of amides is 1. The van der Waals surface area contributed by atoms with E-state index in [1.54, 1.807) is 12.3 Å².